The Hall–Kier alpha value is -2.10. The summed E-state index contributed by atoms with van der Waals surface area (Å²) in [4.78, 5) is 15.2. The fourth-order valence-electron chi connectivity index (χ4n) is 1.21. The van der Waals surface area contributed by atoms with E-state index in [9.17, 15) is 18.0 Å². The second-order valence-electron chi connectivity index (χ2n) is 3.33. The maximum Gasteiger partial charge on any atom is 0.471 e. The zero-order valence-corrected chi connectivity index (χ0v) is 9.04. The van der Waals surface area contributed by atoms with Gasteiger partial charge >= 0.3 is 12.1 Å². The third kappa shape index (κ3) is 2.93. The van der Waals surface area contributed by atoms with E-state index in [0.717, 1.165) is 13.1 Å². The number of carbonyl (C=O) groups excluding carboxylic acids is 1. The van der Waals surface area contributed by atoms with Gasteiger partial charge in [0.05, 0.1) is 0 Å². The van der Waals surface area contributed by atoms with Crippen LogP contribution in [0.25, 0.3) is 0 Å². The Morgan fingerprint density at radius 2 is 2.06 bits per heavy atom. The van der Waals surface area contributed by atoms with Crippen molar-refractivity contribution in [3.8, 4) is 6.07 Å². The Balaban J connectivity index is 3.13. The summed E-state index contributed by atoms with van der Waals surface area (Å²) in [6.45, 7) is 1.52. The molecule has 0 radical (unpaired) electrons. The monoisotopic (exact) mass is 243 g/mol. The number of carbonyl (C=O) groups is 1. The summed E-state index contributed by atoms with van der Waals surface area (Å²) >= 11 is 0. The number of nitrogens with zero attached hydrogens (tertiary/aromatic N) is 3. The zero-order valence-electron chi connectivity index (χ0n) is 9.04. The predicted molar refractivity (Wildman–Crippen MR) is 53.2 cm³/mol. The smallest absolute Gasteiger partial charge is 0.308 e. The lowest BCUT2D eigenvalue weighted by Crippen LogP contribution is -2.38. The second kappa shape index (κ2) is 4.41. The molecule has 0 N–H and O–H groups in total. The third-order valence-corrected chi connectivity index (χ3v) is 1.99. The molecule has 1 aromatic rings. The lowest BCUT2D eigenvalue weighted by Gasteiger charge is -2.19. The molecule has 0 aromatic carbocycles. The number of amides is 1. The van der Waals surface area contributed by atoms with Crippen molar-refractivity contribution < 1.29 is 18.0 Å². The number of halogens is 3. The van der Waals surface area contributed by atoms with Crippen molar-refractivity contribution in [3.05, 3.63) is 23.5 Å². The molecule has 1 rings (SSSR count). The van der Waals surface area contributed by atoms with E-state index in [2.05, 4.69) is 4.98 Å². The number of rotatable bonds is 1. The minimum absolute atomic E-state index is 0.0172. The molecule has 0 bridgehead atoms. The van der Waals surface area contributed by atoms with Gasteiger partial charge in [-0.3, -0.25) is 4.79 Å². The number of alkyl halides is 3. The van der Waals surface area contributed by atoms with Crippen molar-refractivity contribution in [3.63, 3.8) is 0 Å². The van der Waals surface area contributed by atoms with Crippen LogP contribution in [0.15, 0.2) is 12.1 Å². The summed E-state index contributed by atoms with van der Waals surface area (Å²) < 4.78 is 36.6. The Labute approximate surface area is 95.3 Å². The van der Waals surface area contributed by atoms with E-state index in [-0.39, 0.29) is 11.4 Å². The van der Waals surface area contributed by atoms with Crippen LogP contribution in [0.4, 0.5) is 18.9 Å². The number of aromatic nitrogens is 1. The number of pyridine rings is 1. The first-order valence-electron chi connectivity index (χ1n) is 4.49. The van der Waals surface area contributed by atoms with Crippen LogP contribution in [-0.4, -0.2) is 24.1 Å². The van der Waals surface area contributed by atoms with Crippen molar-refractivity contribution in [2.45, 2.75) is 13.1 Å². The molecule has 4 nitrogen and oxygen atoms in total. The fraction of sp³-hybridized carbons (Fsp3) is 0.300. The topological polar surface area (TPSA) is 57.0 Å². The SMILES string of the molecule is Cc1cc(N(C)C(=O)C(F)(F)F)cc(C#N)n1. The molecule has 0 fully saturated rings. The van der Waals surface area contributed by atoms with Crippen molar-refractivity contribution in [2.75, 3.05) is 11.9 Å². The van der Waals surface area contributed by atoms with Crippen molar-refractivity contribution in [2.24, 2.45) is 0 Å². The van der Waals surface area contributed by atoms with Gasteiger partial charge in [-0.15, -0.1) is 0 Å². The maximum atomic E-state index is 12.2. The molecule has 1 heterocycles. The van der Waals surface area contributed by atoms with Gasteiger partial charge in [0.15, 0.2) is 0 Å². The Kier molecular flexibility index (Phi) is 3.36. The second-order valence-corrected chi connectivity index (χ2v) is 3.33. The van der Waals surface area contributed by atoms with E-state index >= 15 is 0 Å². The molecule has 1 aromatic heterocycles. The molecule has 7 heteroatoms. The first-order chi connectivity index (χ1) is 7.75. The summed E-state index contributed by atoms with van der Waals surface area (Å²) in [7, 11) is 0.992. The standard InChI is InChI=1S/C10H8F3N3O/c1-6-3-8(4-7(5-14)15-6)16(2)9(17)10(11,12)13/h3-4H,1-2H3. The first-order valence-corrected chi connectivity index (χ1v) is 4.49. The van der Waals surface area contributed by atoms with Gasteiger partial charge in [-0.05, 0) is 19.1 Å². The summed E-state index contributed by atoms with van der Waals surface area (Å²) in [5.74, 6) is -1.99. The third-order valence-electron chi connectivity index (χ3n) is 1.99. The van der Waals surface area contributed by atoms with E-state index in [0.29, 0.717) is 10.6 Å². The van der Waals surface area contributed by atoms with E-state index in [1.807, 2.05) is 0 Å². The number of aryl methyl sites for hydroxylation is 1. The van der Waals surface area contributed by atoms with Gasteiger partial charge in [0.1, 0.15) is 11.8 Å². The summed E-state index contributed by atoms with van der Waals surface area (Å²) in [6, 6.07) is 4.13. The first kappa shape index (κ1) is 13.0. The lowest BCUT2D eigenvalue weighted by atomic mass is 10.2. The molecule has 90 valence electrons. The van der Waals surface area contributed by atoms with Gasteiger partial charge in [0.2, 0.25) is 0 Å². The van der Waals surface area contributed by atoms with Crippen LogP contribution in [0.5, 0.6) is 0 Å². The molecule has 0 atom stereocenters. The predicted octanol–water partition coefficient (Wildman–Crippen LogP) is 1.79. The molecule has 1 amide bonds. The molecule has 0 aliphatic carbocycles. The van der Waals surface area contributed by atoms with Crippen molar-refractivity contribution in [1.29, 1.82) is 5.26 Å². The van der Waals surface area contributed by atoms with Crippen molar-refractivity contribution >= 4 is 11.6 Å². The van der Waals surface area contributed by atoms with E-state index in [1.165, 1.54) is 13.0 Å². The summed E-state index contributed by atoms with van der Waals surface area (Å²) in [5, 5.41) is 8.63. The zero-order chi connectivity index (χ0) is 13.2. The average Bonchev–Trinajstić information content (AvgIpc) is 2.24. The van der Waals surface area contributed by atoms with Crippen molar-refractivity contribution in [1.82, 2.24) is 4.98 Å². The number of nitriles is 1. The largest absolute Gasteiger partial charge is 0.471 e. The molecular formula is C10H8F3N3O. The Morgan fingerprint density at radius 1 is 1.47 bits per heavy atom. The van der Waals surface area contributed by atoms with Crippen LogP contribution in [0, 0.1) is 18.3 Å². The fourth-order valence-corrected chi connectivity index (χ4v) is 1.21. The van der Waals surface area contributed by atoms with E-state index in [1.54, 1.807) is 6.07 Å². The Morgan fingerprint density at radius 3 is 2.53 bits per heavy atom. The highest BCUT2D eigenvalue weighted by Gasteiger charge is 2.41. The molecule has 0 saturated carbocycles. The van der Waals surface area contributed by atoms with E-state index in [4.69, 9.17) is 5.26 Å². The minimum Gasteiger partial charge on any atom is -0.308 e. The average molecular weight is 243 g/mol. The van der Waals surface area contributed by atoms with Gasteiger partial charge in [0.25, 0.3) is 0 Å². The molecule has 0 saturated heterocycles. The molecule has 0 aliphatic rings. The summed E-state index contributed by atoms with van der Waals surface area (Å²) in [6.07, 6.45) is -4.95. The van der Waals surface area contributed by atoms with Gasteiger partial charge in [-0.25, -0.2) is 4.98 Å². The van der Waals surface area contributed by atoms with Gasteiger partial charge in [-0.2, -0.15) is 18.4 Å². The van der Waals surface area contributed by atoms with E-state index < -0.39 is 12.1 Å². The van der Waals surface area contributed by atoms with Crippen LogP contribution in [-0.2, 0) is 4.79 Å². The highest BCUT2D eigenvalue weighted by Crippen LogP contribution is 2.23. The molecule has 0 aliphatic heterocycles. The maximum absolute atomic E-state index is 12.2. The highest BCUT2D eigenvalue weighted by atomic mass is 19.4. The van der Waals surface area contributed by atoms with Gasteiger partial charge in [0, 0.05) is 18.4 Å². The normalized spacial score (nSPS) is 10.8. The molecular weight excluding hydrogens is 235 g/mol. The minimum atomic E-state index is -4.95. The van der Waals surface area contributed by atoms with Crippen LogP contribution >= 0.6 is 0 Å². The van der Waals surface area contributed by atoms with Crippen LogP contribution in [0.1, 0.15) is 11.4 Å². The van der Waals surface area contributed by atoms with Gasteiger partial charge < -0.3 is 4.90 Å². The lowest BCUT2D eigenvalue weighted by molar-refractivity contribution is -0.170. The quantitative estimate of drug-likeness (QED) is 0.755. The number of anilines is 1. The van der Waals surface area contributed by atoms with Gasteiger partial charge in [-0.1, -0.05) is 0 Å². The number of hydrogen-bond donors (Lipinski definition) is 0. The van der Waals surface area contributed by atoms with Crippen LogP contribution in [0.2, 0.25) is 0 Å². The molecule has 0 unspecified atom stereocenters. The molecule has 0 spiro atoms. The number of hydrogen-bond acceptors (Lipinski definition) is 3. The Bertz CT molecular complexity index is 491. The summed E-state index contributed by atoms with van der Waals surface area (Å²) in [5.41, 5.74) is 0.305. The molecule has 17 heavy (non-hydrogen) atoms. The highest BCUT2D eigenvalue weighted by molar-refractivity contribution is 5.96. The van der Waals surface area contributed by atoms with Crippen LogP contribution in [0.3, 0.4) is 0 Å². The van der Waals surface area contributed by atoms with Crippen LogP contribution < -0.4 is 4.90 Å².